The van der Waals surface area contributed by atoms with E-state index in [4.69, 9.17) is 4.74 Å². The van der Waals surface area contributed by atoms with Gasteiger partial charge in [-0.2, -0.15) is 0 Å². The molecule has 94 valence electrons. The first-order chi connectivity index (χ1) is 7.70. The molecule has 0 aliphatic rings. The van der Waals surface area contributed by atoms with Crippen LogP contribution in [0.4, 0.5) is 0 Å². The molecule has 0 N–H and O–H groups in total. The van der Waals surface area contributed by atoms with Gasteiger partial charge in [-0.15, -0.1) is 0 Å². The molecule has 0 unspecified atom stereocenters. The quantitative estimate of drug-likeness (QED) is 0.595. The van der Waals surface area contributed by atoms with Crippen LogP contribution in [0.3, 0.4) is 0 Å². The van der Waals surface area contributed by atoms with Crippen LogP contribution in [0.25, 0.3) is 0 Å². The van der Waals surface area contributed by atoms with Gasteiger partial charge in [0.2, 0.25) is 0 Å². The molecule has 0 saturated heterocycles. The van der Waals surface area contributed by atoms with Gasteiger partial charge in [0.15, 0.2) is 0 Å². The normalized spacial score (nSPS) is 12.4. The molecule has 0 amide bonds. The fourth-order valence-corrected chi connectivity index (χ4v) is 3.44. The highest BCUT2D eigenvalue weighted by atomic mass is 28.3. The van der Waals surface area contributed by atoms with E-state index in [9.17, 15) is 4.79 Å². The number of hydrogen-bond donors (Lipinski definition) is 0. The van der Waals surface area contributed by atoms with Crippen molar-refractivity contribution < 1.29 is 9.53 Å². The van der Waals surface area contributed by atoms with Crippen LogP contribution in [0.2, 0.25) is 18.1 Å². The van der Waals surface area contributed by atoms with E-state index in [-0.39, 0.29) is 5.97 Å². The zero-order valence-electron chi connectivity index (χ0n) is 11.6. The predicted molar refractivity (Wildman–Crippen MR) is 74.6 cm³/mol. The highest BCUT2D eigenvalue weighted by molar-refractivity contribution is 6.92. The van der Waals surface area contributed by atoms with Gasteiger partial charge in [-0.05, 0) is 17.2 Å². The first-order valence-corrected chi connectivity index (χ1v) is 8.89. The Morgan fingerprint density at radius 1 is 1.12 bits per heavy atom. The van der Waals surface area contributed by atoms with Crippen molar-refractivity contribution in [2.45, 2.75) is 38.9 Å². The maximum Gasteiger partial charge on any atom is 0.337 e. The van der Waals surface area contributed by atoms with Crippen LogP contribution >= 0.6 is 0 Å². The Bertz CT molecular complexity index is 399. The monoisotopic (exact) mass is 250 g/mol. The van der Waals surface area contributed by atoms with Gasteiger partial charge in [0.1, 0.15) is 0 Å². The summed E-state index contributed by atoms with van der Waals surface area (Å²) in [5.74, 6) is -0.271. The van der Waals surface area contributed by atoms with E-state index < -0.39 is 8.07 Å². The summed E-state index contributed by atoms with van der Waals surface area (Å²) < 4.78 is 4.70. The van der Waals surface area contributed by atoms with Crippen molar-refractivity contribution in [3.63, 3.8) is 0 Å². The third-order valence-electron chi connectivity index (χ3n) is 3.90. The lowest BCUT2D eigenvalue weighted by Crippen LogP contribution is -2.49. The maximum absolute atomic E-state index is 11.4. The molecular formula is C14H22O2Si. The molecule has 17 heavy (non-hydrogen) atoms. The molecule has 0 saturated carbocycles. The second-order valence-electron chi connectivity index (χ2n) is 5.94. The highest BCUT2D eigenvalue weighted by Crippen LogP contribution is 2.35. The number of carbonyl (C=O) groups is 1. The molecule has 0 aliphatic heterocycles. The van der Waals surface area contributed by atoms with Crippen molar-refractivity contribution in [2.24, 2.45) is 0 Å². The summed E-state index contributed by atoms with van der Waals surface area (Å²) in [4.78, 5) is 11.4. The number of esters is 1. The van der Waals surface area contributed by atoms with Gasteiger partial charge >= 0.3 is 5.97 Å². The topological polar surface area (TPSA) is 26.3 Å². The molecule has 3 heteroatoms. The lowest BCUT2D eigenvalue weighted by atomic mass is 10.2. The number of hydrogen-bond acceptors (Lipinski definition) is 2. The predicted octanol–water partition coefficient (Wildman–Crippen LogP) is 3.19. The first kappa shape index (κ1) is 14.0. The molecule has 0 aromatic heterocycles. The third-order valence-corrected chi connectivity index (χ3v) is 9.43. The van der Waals surface area contributed by atoms with Gasteiger partial charge in [0.05, 0.1) is 20.7 Å². The van der Waals surface area contributed by atoms with Crippen molar-refractivity contribution in [1.29, 1.82) is 0 Å². The maximum atomic E-state index is 11.4. The standard InChI is InChI=1S/C14H22O2Si/c1-14(2,3)17(5,6)12-9-7-11(8-10-12)13(15)16-4/h7-10H,1-6H3. The smallest absolute Gasteiger partial charge is 0.337 e. The minimum absolute atomic E-state index is 0.271. The van der Waals surface area contributed by atoms with E-state index in [2.05, 4.69) is 46.0 Å². The Morgan fingerprint density at radius 3 is 1.94 bits per heavy atom. The van der Waals surface area contributed by atoms with Crippen LogP contribution in [0.15, 0.2) is 24.3 Å². The average Bonchev–Trinajstić information content (AvgIpc) is 2.26. The van der Waals surface area contributed by atoms with E-state index in [1.54, 1.807) is 0 Å². The highest BCUT2D eigenvalue weighted by Gasteiger charge is 2.36. The molecule has 0 fully saturated rings. The summed E-state index contributed by atoms with van der Waals surface area (Å²) in [5.41, 5.74) is 0.620. The van der Waals surface area contributed by atoms with Gasteiger partial charge in [0, 0.05) is 0 Å². The lowest BCUT2D eigenvalue weighted by molar-refractivity contribution is 0.0601. The molecule has 1 aromatic carbocycles. The van der Waals surface area contributed by atoms with Crippen LogP contribution in [0, 0.1) is 0 Å². The molecule has 0 bridgehead atoms. The Labute approximate surface area is 105 Å². The second kappa shape index (κ2) is 4.65. The van der Waals surface area contributed by atoms with E-state index in [0.717, 1.165) is 0 Å². The minimum Gasteiger partial charge on any atom is -0.465 e. The van der Waals surface area contributed by atoms with Crippen molar-refractivity contribution in [2.75, 3.05) is 7.11 Å². The van der Waals surface area contributed by atoms with Gasteiger partial charge < -0.3 is 4.74 Å². The molecule has 0 heterocycles. The molecule has 0 aliphatic carbocycles. The SMILES string of the molecule is COC(=O)c1ccc([Si](C)(C)C(C)(C)C)cc1. The molecular weight excluding hydrogens is 228 g/mol. The number of rotatable bonds is 2. The van der Waals surface area contributed by atoms with Crippen molar-refractivity contribution in [1.82, 2.24) is 0 Å². The Balaban J connectivity index is 3.07. The Kier molecular flexibility index (Phi) is 3.82. The summed E-state index contributed by atoms with van der Waals surface area (Å²) in [7, 11) is -0.0942. The first-order valence-electron chi connectivity index (χ1n) is 5.89. The third kappa shape index (κ3) is 2.78. The number of benzene rings is 1. The molecule has 1 aromatic rings. The van der Waals surface area contributed by atoms with Crippen LogP contribution in [0.1, 0.15) is 31.1 Å². The molecule has 0 spiro atoms. The zero-order valence-corrected chi connectivity index (χ0v) is 12.6. The minimum atomic E-state index is -1.50. The van der Waals surface area contributed by atoms with Gasteiger partial charge in [-0.1, -0.05) is 51.2 Å². The summed E-state index contributed by atoms with van der Waals surface area (Å²) >= 11 is 0. The molecule has 0 atom stereocenters. The fraction of sp³-hybridized carbons (Fsp3) is 0.500. The van der Waals surface area contributed by atoms with Crippen LogP contribution in [0.5, 0.6) is 0 Å². The lowest BCUT2D eigenvalue weighted by Gasteiger charge is -2.37. The van der Waals surface area contributed by atoms with Crippen molar-refractivity contribution in [3.05, 3.63) is 29.8 Å². The van der Waals surface area contributed by atoms with E-state index in [1.807, 2.05) is 12.1 Å². The summed E-state index contributed by atoms with van der Waals surface area (Å²) in [6.07, 6.45) is 0. The summed E-state index contributed by atoms with van der Waals surface area (Å²) in [6, 6.07) is 7.87. The van der Waals surface area contributed by atoms with Gasteiger partial charge in [-0.3, -0.25) is 0 Å². The van der Waals surface area contributed by atoms with Crippen LogP contribution in [-0.4, -0.2) is 21.2 Å². The summed E-state index contributed by atoms with van der Waals surface area (Å²) in [5, 5.41) is 1.68. The fourth-order valence-electron chi connectivity index (χ4n) is 1.57. The Hall–Kier alpha value is -1.09. The second-order valence-corrected chi connectivity index (χ2v) is 11.3. The van der Waals surface area contributed by atoms with Crippen LogP contribution < -0.4 is 5.19 Å². The largest absolute Gasteiger partial charge is 0.465 e. The van der Waals surface area contributed by atoms with Gasteiger partial charge in [0.25, 0.3) is 0 Å². The number of carbonyl (C=O) groups excluding carboxylic acids is 1. The van der Waals surface area contributed by atoms with Crippen molar-refractivity contribution in [3.8, 4) is 0 Å². The Morgan fingerprint density at radius 2 is 1.59 bits per heavy atom. The summed E-state index contributed by atoms with van der Waals surface area (Å²) in [6.45, 7) is 11.6. The van der Waals surface area contributed by atoms with Gasteiger partial charge in [-0.25, -0.2) is 4.79 Å². The van der Waals surface area contributed by atoms with E-state index >= 15 is 0 Å². The molecule has 0 radical (unpaired) electrons. The van der Waals surface area contributed by atoms with Crippen molar-refractivity contribution >= 4 is 19.2 Å². The van der Waals surface area contributed by atoms with E-state index in [1.165, 1.54) is 12.3 Å². The average molecular weight is 250 g/mol. The number of methoxy groups -OCH3 is 1. The number of ether oxygens (including phenoxy) is 1. The molecule has 2 nitrogen and oxygen atoms in total. The molecule has 1 rings (SSSR count). The van der Waals surface area contributed by atoms with E-state index in [0.29, 0.717) is 10.6 Å². The van der Waals surface area contributed by atoms with Crippen LogP contribution in [-0.2, 0) is 4.74 Å². The zero-order chi connectivity index (χ0) is 13.3.